The van der Waals surface area contributed by atoms with E-state index in [0.29, 0.717) is 0 Å². The van der Waals surface area contributed by atoms with Crippen molar-refractivity contribution in [3.05, 3.63) is 18.3 Å². The van der Waals surface area contributed by atoms with Crippen LogP contribution in [0.2, 0.25) is 0 Å². The Kier molecular flexibility index (Phi) is 1.98. The molecule has 0 spiro atoms. The molecule has 0 atom stereocenters. The molecule has 1 heterocycles. The zero-order chi connectivity index (χ0) is 8.43. The summed E-state index contributed by atoms with van der Waals surface area (Å²) in [4.78, 5) is 2.02. The molecule has 0 saturated heterocycles. The standard InChI is InChI=1S/C8H13N3/c1-10(2)7-4-5-11(3)8(9)6-7/h4-6,9H,1-3H3/p+1. The number of nitrogens with two attached hydrogens (primary N) is 1. The summed E-state index contributed by atoms with van der Waals surface area (Å²) < 4.78 is 1.88. The Labute approximate surface area is 67.1 Å². The van der Waals surface area contributed by atoms with Gasteiger partial charge in [-0.15, -0.1) is 0 Å². The summed E-state index contributed by atoms with van der Waals surface area (Å²) in [5.74, 6) is 0.774. The van der Waals surface area contributed by atoms with E-state index in [2.05, 4.69) is 0 Å². The van der Waals surface area contributed by atoms with Crippen LogP contribution < -0.4 is 15.2 Å². The lowest BCUT2D eigenvalue weighted by atomic mass is 10.3. The van der Waals surface area contributed by atoms with Gasteiger partial charge in [0.25, 0.3) is 5.82 Å². The normalized spacial score (nSPS) is 9.73. The van der Waals surface area contributed by atoms with Gasteiger partial charge in [0.05, 0.1) is 19.3 Å². The van der Waals surface area contributed by atoms with Crippen molar-refractivity contribution in [2.75, 3.05) is 24.7 Å². The largest absolute Gasteiger partial charge is 0.377 e. The second kappa shape index (κ2) is 2.78. The molecule has 11 heavy (non-hydrogen) atoms. The Balaban J connectivity index is 3.05. The first-order chi connectivity index (χ1) is 5.11. The van der Waals surface area contributed by atoms with E-state index < -0.39 is 0 Å². The van der Waals surface area contributed by atoms with Crippen molar-refractivity contribution in [2.45, 2.75) is 0 Å². The number of pyridine rings is 1. The lowest BCUT2D eigenvalue weighted by molar-refractivity contribution is -0.656. The Morgan fingerprint density at radius 3 is 2.55 bits per heavy atom. The summed E-state index contributed by atoms with van der Waals surface area (Å²) >= 11 is 0. The highest BCUT2D eigenvalue weighted by Gasteiger charge is 2.01. The van der Waals surface area contributed by atoms with Crippen molar-refractivity contribution in [2.24, 2.45) is 7.05 Å². The average Bonchev–Trinajstić information content (AvgIpc) is 1.94. The van der Waals surface area contributed by atoms with Crippen LogP contribution in [0.1, 0.15) is 0 Å². The Hall–Kier alpha value is -1.25. The molecule has 2 N–H and O–H groups in total. The van der Waals surface area contributed by atoms with E-state index in [1.807, 2.05) is 48.9 Å². The molecule has 3 heteroatoms. The molecule has 0 aliphatic carbocycles. The summed E-state index contributed by atoms with van der Waals surface area (Å²) in [5.41, 5.74) is 6.82. The van der Waals surface area contributed by atoms with Gasteiger partial charge < -0.3 is 4.90 Å². The molecule has 0 aliphatic rings. The predicted octanol–water partition coefficient (Wildman–Crippen LogP) is 0.159. The maximum absolute atomic E-state index is 5.69. The van der Waals surface area contributed by atoms with E-state index in [0.717, 1.165) is 11.5 Å². The molecule has 1 rings (SSSR count). The first kappa shape index (κ1) is 7.85. The van der Waals surface area contributed by atoms with Crippen molar-refractivity contribution >= 4 is 11.5 Å². The highest BCUT2D eigenvalue weighted by atomic mass is 15.1. The van der Waals surface area contributed by atoms with E-state index in [-0.39, 0.29) is 0 Å². The lowest BCUT2D eigenvalue weighted by Gasteiger charge is -2.11. The van der Waals surface area contributed by atoms with Crippen LogP contribution in [0.25, 0.3) is 0 Å². The number of rotatable bonds is 1. The molecule has 0 radical (unpaired) electrons. The lowest BCUT2D eigenvalue weighted by Crippen LogP contribution is -2.31. The number of hydrogen-bond donors (Lipinski definition) is 1. The minimum absolute atomic E-state index is 0.774. The van der Waals surface area contributed by atoms with Gasteiger partial charge in [-0.05, 0) is 0 Å². The molecular formula is C8H14N3+. The first-order valence-electron chi connectivity index (χ1n) is 3.54. The van der Waals surface area contributed by atoms with Crippen LogP contribution in [-0.4, -0.2) is 14.1 Å². The van der Waals surface area contributed by atoms with Crippen molar-refractivity contribution in [3.8, 4) is 0 Å². The van der Waals surface area contributed by atoms with Gasteiger partial charge >= 0.3 is 0 Å². The van der Waals surface area contributed by atoms with Crippen LogP contribution in [0.3, 0.4) is 0 Å². The first-order valence-corrected chi connectivity index (χ1v) is 3.54. The molecular weight excluding hydrogens is 138 g/mol. The summed E-state index contributed by atoms with van der Waals surface area (Å²) in [6.07, 6.45) is 1.95. The minimum atomic E-state index is 0.774. The quantitative estimate of drug-likeness (QED) is 0.581. The third kappa shape index (κ3) is 1.61. The average molecular weight is 152 g/mol. The van der Waals surface area contributed by atoms with E-state index in [1.165, 1.54) is 0 Å². The number of anilines is 2. The summed E-state index contributed by atoms with van der Waals surface area (Å²) in [7, 11) is 5.92. The molecule has 0 amide bonds. The fourth-order valence-corrected chi connectivity index (χ4v) is 0.854. The Morgan fingerprint density at radius 1 is 1.45 bits per heavy atom. The van der Waals surface area contributed by atoms with Crippen LogP contribution in [0.4, 0.5) is 11.5 Å². The summed E-state index contributed by atoms with van der Waals surface area (Å²) in [6, 6.07) is 3.97. The summed E-state index contributed by atoms with van der Waals surface area (Å²) in [5, 5.41) is 0. The maximum atomic E-state index is 5.69. The van der Waals surface area contributed by atoms with Crippen LogP contribution in [0, 0.1) is 0 Å². The highest BCUT2D eigenvalue weighted by Crippen LogP contribution is 2.09. The van der Waals surface area contributed by atoms with Gasteiger partial charge in [-0.25, -0.2) is 4.57 Å². The summed E-state index contributed by atoms with van der Waals surface area (Å²) in [6.45, 7) is 0. The number of aromatic nitrogens is 1. The number of aryl methyl sites for hydroxylation is 1. The van der Waals surface area contributed by atoms with Crippen LogP contribution in [0.5, 0.6) is 0 Å². The van der Waals surface area contributed by atoms with Gasteiger partial charge in [0, 0.05) is 25.8 Å². The molecule has 1 aromatic heterocycles. The number of nitrogen functional groups attached to an aromatic ring is 1. The highest BCUT2D eigenvalue weighted by molar-refractivity contribution is 5.48. The fourth-order valence-electron chi connectivity index (χ4n) is 0.854. The monoisotopic (exact) mass is 152 g/mol. The molecule has 0 fully saturated rings. The SMILES string of the molecule is CN(C)c1cc[n+](C)c(N)c1. The second-order valence-corrected chi connectivity index (χ2v) is 2.82. The Bertz CT molecular complexity index is 256. The zero-order valence-electron chi connectivity index (χ0n) is 7.20. The molecule has 60 valence electrons. The predicted molar refractivity (Wildman–Crippen MR) is 46.4 cm³/mol. The van der Waals surface area contributed by atoms with Crippen LogP contribution in [0.15, 0.2) is 18.3 Å². The Morgan fingerprint density at radius 2 is 2.09 bits per heavy atom. The van der Waals surface area contributed by atoms with E-state index >= 15 is 0 Å². The topological polar surface area (TPSA) is 33.1 Å². The fraction of sp³-hybridized carbons (Fsp3) is 0.375. The second-order valence-electron chi connectivity index (χ2n) is 2.82. The maximum Gasteiger partial charge on any atom is 0.274 e. The van der Waals surface area contributed by atoms with Gasteiger partial charge in [-0.3, -0.25) is 5.73 Å². The molecule has 1 aromatic rings. The third-order valence-electron chi connectivity index (χ3n) is 1.69. The van der Waals surface area contributed by atoms with Crippen molar-refractivity contribution in [1.82, 2.24) is 0 Å². The molecule has 3 nitrogen and oxygen atoms in total. The number of nitrogens with zero attached hydrogens (tertiary/aromatic N) is 2. The van der Waals surface area contributed by atoms with Crippen LogP contribution >= 0.6 is 0 Å². The molecule has 0 aliphatic heterocycles. The van der Waals surface area contributed by atoms with Crippen molar-refractivity contribution in [1.29, 1.82) is 0 Å². The van der Waals surface area contributed by atoms with E-state index in [1.54, 1.807) is 0 Å². The van der Waals surface area contributed by atoms with E-state index in [4.69, 9.17) is 5.73 Å². The van der Waals surface area contributed by atoms with Crippen molar-refractivity contribution in [3.63, 3.8) is 0 Å². The molecule has 0 bridgehead atoms. The van der Waals surface area contributed by atoms with Gasteiger partial charge in [0.15, 0.2) is 0 Å². The van der Waals surface area contributed by atoms with Gasteiger partial charge in [-0.1, -0.05) is 0 Å². The van der Waals surface area contributed by atoms with E-state index in [9.17, 15) is 0 Å². The smallest absolute Gasteiger partial charge is 0.274 e. The van der Waals surface area contributed by atoms with Gasteiger partial charge in [0.1, 0.15) is 0 Å². The number of hydrogen-bond acceptors (Lipinski definition) is 2. The minimum Gasteiger partial charge on any atom is -0.377 e. The van der Waals surface area contributed by atoms with Gasteiger partial charge in [-0.2, -0.15) is 0 Å². The van der Waals surface area contributed by atoms with Crippen molar-refractivity contribution < 1.29 is 4.57 Å². The zero-order valence-corrected chi connectivity index (χ0v) is 7.20. The molecule has 0 saturated carbocycles. The molecule has 0 unspecified atom stereocenters. The molecule has 0 aromatic carbocycles. The van der Waals surface area contributed by atoms with Crippen LogP contribution in [-0.2, 0) is 7.05 Å². The third-order valence-corrected chi connectivity index (χ3v) is 1.69. The van der Waals surface area contributed by atoms with Gasteiger partial charge in [0.2, 0.25) is 0 Å².